The topological polar surface area (TPSA) is 55.2 Å². The van der Waals surface area contributed by atoms with E-state index >= 15 is 0 Å². The molecule has 1 aromatic carbocycles. The molecule has 3 rings (SSSR count). The standard InChI is InChI=1S/C16H19N5OS3/c1-11-17-12(9-24-11)8-20(2)10-21-16(23)25-15(19-21)18-13-6-4-5-7-14(13)22-3/h4-7,9H,8,10H2,1-3H3,(H,18,19). The number of hydrogen-bond acceptors (Lipinski definition) is 8. The molecule has 0 spiro atoms. The average molecular weight is 394 g/mol. The van der Waals surface area contributed by atoms with Crippen molar-refractivity contribution in [3.8, 4) is 5.75 Å². The lowest BCUT2D eigenvalue weighted by molar-refractivity contribution is 0.243. The summed E-state index contributed by atoms with van der Waals surface area (Å²) in [5.74, 6) is 0.770. The number of nitrogens with one attached hydrogen (secondary N) is 1. The molecule has 132 valence electrons. The van der Waals surface area contributed by atoms with Crippen molar-refractivity contribution in [3.63, 3.8) is 0 Å². The summed E-state index contributed by atoms with van der Waals surface area (Å²) in [7, 11) is 3.68. The predicted octanol–water partition coefficient (Wildman–Crippen LogP) is 4.28. The Bertz CT molecular complexity index is 901. The van der Waals surface area contributed by atoms with E-state index in [0.717, 1.165) is 37.8 Å². The largest absolute Gasteiger partial charge is 0.495 e. The number of ether oxygens (including phenoxy) is 1. The fourth-order valence-corrected chi connectivity index (χ4v) is 3.95. The van der Waals surface area contributed by atoms with Crippen molar-refractivity contribution in [2.24, 2.45) is 0 Å². The molecule has 0 saturated heterocycles. The smallest absolute Gasteiger partial charge is 0.209 e. The maximum atomic E-state index is 5.44. The van der Waals surface area contributed by atoms with Gasteiger partial charge in [-0.3, -0.25) is 4.90 Å². The minimum Gasteiger partial charge on any atom is -0.495 e. The molecule has 0 saturated carbocycles. The van der Waals surface area contributed by atoms with Crippen molar-refractivity contribution in [1.82, 2.24) is 19.7 Å². The molecule has 0 aliphatic carbocycles. The highest BCUT2D eigenvalue weighted by molar-refractivity contribution is 7.73. The fraction of sp³-hybridized carbons (Fsp3) is 0.312. The van der Waals surface area contributed by atoms with Crippen molar-refractivity contribution in [2.75, 3.05) is 19.5 Å². The Kier molecular flexibility index (Phi) is 5.79. The summed E-state index contributed by atoms with van der Waals surface area (Å²) in [6, 6.07) is 7.73. The van der Waals surface area contributed by atoms with E-state index in [4.69, 9.17) is 17.0 Å². The predicted molar refractivity (Wildman–Crippen MR) is 106 cm³/mol. The molecule has 0 bridgehead atoms. The van der Waals surface area contributed by atoms with Gasteiger partial charge in [-0.1, -0.05) is 23.5 Å². The van der Waals surface area contributed by atoms with Gasteiger partial charge in [0.25, 0.3) is 0 Å². The first kappa shape index (κ1) is 18.0. The molecule has 0 unspecified atom stereocenters. The maximum absolute atomic E-state index is 5.44. The number of rotatable bonds is 7. The van der Waals surface area contributed by atoms with Crippen LogP contribution in [0, 0.1) is 10.9 Å². The van der Waals surface area contributed by atoms with E-state index in [-0.39, 0.29) is 0 Å². The van der Waals surface area contributed by atoms with Crippen LogP contribution < -0.4 is 10.1 Å². The Labute approximate surface area is 159 Å². The van der Waals surface area contributed by atoms with Gasteiger partial charge in [0.2, 0.25) is 5.13 Å². The van der Waals surface area contributed by atoms with Gasteiger partial charge in [-0.2, -0.15) is 0 Å². The number of aromatic nitrogens is 3. The Hall–Kier alpha value is -1.81. The van der Waals surface area contributed by atoms with Crippen LogP contribution in [0.1, 0.15) is 10.7 Å². The van der Waals surface area contributed by atoms with Crippen LogP contribution in [0.3, 0.4) is 0 Å². The van der Waals surface area contributed by atoms with Gasteiger partial charge in [0.05, 0.1) is 30.2 Å². The number of hydrogen-bond donors (Lipinski definition) is 1. The molecule has 2 heterocycles. The highest BCUT2D eigenvalue weighted by Crippen LogP contribution is 2.28. The van der Waals surface area contributed by atoms with Gasteiger partial charge < -0.3 is 10.1 Å². The van der Waals surface area contributed by atoms with Gasteiger partial charge >= 0.3 is 0 Å². The van der Waals surface area contributed by atoms with E-state index in [1.807, 2.05) is 42.9 Å². The molecule has 0 fully saturated rings. The number of para-hydroxylation sites is 2. The highest BCUT2D eigenvalue weighted by atomic mass is 32.1. The lowest BCUT2D eigenvalue weighted by Gasteiger charge is -2.14. The lowest BCUT2D eigenvalue weighted by Crippen LogP contribution is -2.22. The van der Waals surface area contributed by atoms with E-state index in [2.05, 4.69) is 25.7 Å². The molecule has 0 aliphatic heterocycles. The third-order valence-electron chi connectivity index (χ3n) is 3.43. The van der Waals surface area contributed by atoms with Gasteiger partial charge in [-0.15, -0.1) is 16.4 Å². The lowest BCUT2D eigenvalue weighted by atomic mass is 10.3. The second-order valence-corrected chi connectivity index (χ2v) is 8.20. The Morgan fingerprint density at radius 3 is 2.88 bits per heavy atom. The van der Waals surface area contributed by atoms with E-state index < -0.39 is 0 Å². The van der Waals surface area contributed by atoms with Crippen molar-refractivity contribution < 1.29 is 4.74 Å². The van der Waals surface area contributed by atoms with E-state index in [0.29, 0.717) is 6.67 Å². The van der Waals surface area contributed by atoms with Crippen molar-refractivity contribution in [3.05, 3.63) is 44.3 Å². The van der Waals surface area contributed by atoms with Gasteiger partial charge in [0.15, 0.2) is 3.95 Å². The second kappa shape index (κ2) is 8.05. The molecule has 25 heavy (non-hydrogen) atoms. The molecule has 0 aliphatic rings. The number of benzene rings is 1. The molecule has 9 heteroatoms. The van der Waals surface area contributed by atoms with Crippen molar-refractivity contribution in [1.29, 1.82) is 0 Å². The zero-order chi connectivity index (χ0) is 17.8. The summed E-state index contributed by atoms with van der Waals surface area (Å²) in [4.78, 5) is 6.63. The normalized spacial score (nSPS) is 11.0. The van der Waals surface area contributed by atoms with Gasteiger partial charge in [-0.25, -0.2) is 9.67 Å². The van der Waals surface area contributed by atoms with Crippen LogP contribution in [-0.4, -0.2) is 33.8 Å². The zero-order valence-electron chi connectivity index (χ0n) is 14.2. The molecule has 6 nitrogen and oxygen atoms in total. The fourth-order valence-electron chi connectivity index (χ4n) is 2.35. The molecule has 0 atom stereocenters. The summed E-state index contributed by atoms with van der Waals surface area (Å²) in [5.41, 5.74) is 1.94. The first-order valence-electron chi connectivity index (χ1n) is 7.62. The van der Waals surface area contributed by atoms with Crippen LogP contribution in [-0.2, 0) is 13.2 Å². The van der Waals surface area contributed by atoms with Gasteiger partial charge in [0, 0.05) is 11.9 Å². The summed E-state index contributed by atoms with van der Waals surface area (Å²) in [6.07, 6.45) is 0. The van der Waals surface area contributed by atoms with E-state index in [1.165, 1.54) is 11.3 Å². The van der Waals surface area contributed by atoms with Gasteiger partial charge in [0.1, 0.15) is 5.75 Å². The summed E-state index contributed by atoms with van der Waals surface area (Å²) in [5, 5.41) is 11.8. The van der Waals surface area contributed by atoms with Crippen LogP contribution in [0.4, 0.5) is 10.8 Å². The Balaban J connectivity index is 1.68. The Morgan fingerprint density at radius 1 is 1.36 bits per heavy atom. The summed E-state index contributed by atoms with van der Waals surface area (Å²) in [6.45, 7) is 3.39. The third kappa shape index (κ3) is 4.63. The molecular weight excluding hydrogens is 374 g/mol. The number of nitrogens with zero attached hydrogens (tertiary/aromatic N) is 4. The number of aryl methyl sites for hydroxylation is 1. The molecule has 0 amide bonds. The molecule has 0 radical (unpaired) electrons. The zero-order valence-corrected chi connectivity index (χ0v) is 16.7. The number of methoxy groups -OCH3 is 1. The third-order valence-corrected chi connectivity index (χ3v) is 5.47. The second-order valence-electron chi connectivity index (χ2n) is 5.51. The molecular formula is C16H19N5OS3. The SMILES string of the molecule is COc1ccccc1Nc1nn(CN(C)Cc2csc(C)n2)c(=S)s1. The number of thiazole rings is 1. The van der Waals surface area contributed by atoms with Crippen LogP contribution in [0.5, 0.6) is 5.75 Å². The number of anilines is 2. The maximum Gasteiger partial charge on any atom is 0.209 e. The van der Waals surface area contributed by atoms with E-state index in [9.17, 15) is 0 Å². The summed E-state index contributed by atoms with van der Waals surface area (Å²) < 4.78 is 7.89. The highest BCUT2D eigenvalue weighted by Gasteiger charge is 2.10. The first-order valence-corrected chi connectivity index (χ1v) is 9.73. The van der Waals surface area contributed by atoms with Crippen LogP contribution in [0.2, 0.25) is 0 Å². The molecule has 2 aromatic heterocycles. The average Bonchev–Trinajstić information content (AvgIpc) is 3.13. The first-order chi connectivity index (χ1) is 12.0. The van der Waals surface area contributed by atoms with Crippen LogP contribution in [0.15, 0.2) is 29.6 Å². The van der Waals surface area contributed by atoms with E-state index in [1.54, 1.807) is 18.4 Å². The quantitative estimate of drug-likeness (QED) is 0.605. The molecule has 3 aromatic rings. The van der Waals surface area contributed by atoms with Gasteiger partial charge in [-0.05, 0) is 38.3 Å². The summed E-state index contributed by atoms with van der Waals surface area (Å²) >= 11 is 8.55. The molecule has 1 N–H and O–H groups in total. The minimum absolute atomic E-state index is 0.611. The van der Waals surface area contributed by atoms with Crippen LogP contribution in [0.25, 0.3) is 0 Å². The van der Waals surface area contributed by atoms with Crippen molar-refractivity contribution in [2.45, 2.75) is 20.1 Å². The monoisotopic (exact) mass is 393 g/mol. The minimum atomic E-state index is 0.611. The van der Waals surface area contributed by atoms with Crippen LogP contribution >= 0.6 is 34.9 Å². The van der Waals surface area contributed by atoms with Crippen molar-refractivity contribution >= 4 is 45.7 Å². The Morgan fingerprint density at radius 2 is 2.16 bits per heavy atom.